The van der Waals surface area contributed by atoms with Crippen molar-refractivity contribution in [1.29, 1.82) is 5.41 Å². The Morgan fingerprint density at radius 3 is 2.88 bits per heavy atom. The van der Waals surface area contributed by atoms with Crippen LogP contribution in [-0.2, 0) is 4.74 Å². The molecule has 90 valence electrons. The molecule has 2 heterocycles. The zero-order valence-corrected chi connectivity index (χ0v) is 9.64. The van der Waals surface area contributed by atoms with Crippen molar-refractivity contribution in [3.05, 3.63) is 17.8 Å². The Kier molecular flexibility index (Phi) is 2.68. The maximum Gasteiger partial charge on any atom is 0.204 e. The van der Waals surface area contributed by atoms with Gasteiger partial charge in [-0.25, -0.2) is 4.98 Å². The number of ether oxygens (including phenoxy) is 1. The van der Waals surface area contributed by atoms with E-state index in [0.29, 0.717) is 16.7 Å². The molecule has 7 heteroatoms. The zero-order chi connectivity index (χ0) is 12.6. The molecule has 2 rings (SSSR count). The fraction of sp³-hybridized carbons (Fsp3) is 0.300. The number of aromatic nitrogens is 3. The first-order chi connectivity index (χ1) is 8.06. The lowest BCUT2D eigenvalue weighted by atomic mass is 10.2. The minimum Gasteiger partial charge on any atom is -0.384 e. The van der Waals surface area contributed by atoms with Crippen molar-refractivity contribution >= 4 is 22.9 Å². The second kappa shape index (κ2) is 4.02. The number of nitrogens with zero attached hydrogens (tertiary/aromatic N) is 3. The summed E-state index contributed by atoms with van der Waals surface area (Å²) in [7, 11) is 1.57. The second-order valence-corrected chi connectivity index (χ2v) is 3.62. The molecule has 1 unspecified atom stereocenters. The number of anilines is 1. The molecule has 1 atom stereocenters. The predicted octanol–water partition coefficient (Wildman–Crippen LogP) is 0.462. The Bertz CT molecular complexity index is 575. The third kappa shape index (κ3) is 1.70. The van der Waals surface area contributed by atoms with Crippen LogP contribution >= 0.6 is 0 Å². The molecule has 0 saturated heterocycles. The lowest BCUT2D eigenvalue weighted by Crippen LogP contribution is -2.16. The summed E-state index contributed by atoms with van der Waals surface area (Å²) in [5.41, 5.74) is 13.0. The van der Waals surface area contributed by atoms with Crippen LogP contribution in [0.2, 0.25) is 0 Å². The molecule has 0 aliphatic heterocycles. The quantitative estimate of drug-likeness (QED) is 0.527. The molecule has 5 N–H and O–H groups in total. The molecule has 0 radical (unpaired) electrons. The van der Waals surface area contributed by atoms with Gasteiger partial charge in [0.15, 0.2) is 5.65 Å². The fourth-order valence-corrected chi connectivity index (χ4v) is 1.73. The number of nitrogens with two attached hydrogens (primary N) is 2. The highest BCUT2D eigenvalue weighted by Crippen LogP contribution is 2.24. The molecule has 0 aliphatic carbocycles. The van der Waals surface area contributed by atoms with E-state index in [0.717, 1.165) is 0 Å². The summed E-state index contributed by atoms with van der Waals surface area (Å²) in [6.45, 7) is 1.83. The van der Waals surface area contributed by atoms with Crippen molar-refractivity contribution in [3.63, 3.8) is 0 Å². The van der Waals surface area contributed by atoms with Gasteiger partial charge in [0.1, 0.15) is 17.6 Å². The van der Waals surface area contributed by atoms with Crippen LogP contribution in [0.25, 0.3) is 11.2 Å². The topological polar surface area (TPSA) is 116 Å². The van der Waals surface area contributed by atoms with Crippen LogP contribution in [0, 0.1) is 5.41 Å². The van der Waals surface area contributed by atoms with E-state index in [4.69, 9.17) is 21.6 Å². The normalized spacial score (nSPS) is 12.8. The molecular formula is C10H14N6O. The average molecular weight is 234 g/mol. The van der Waals surface area contributed by atoms with Gasteiger partial charge in [-0.3, -0.25) is 9.98 Å². The summed E-state index contributed by atoms with van der Waals surface area (Å²) >= 11 is 0. The van der Waals surface area contributed by atoms with Crippen LogP contribution in [0.15, 0.2) is 12.3 Å². The Balaban J connectivity index is 2.82. The van der Waals surface area contributed by atoms with E-state index in [9.17, 15) is 0 Å². The molecule has 0 saturated carbocycles. The average Bonchev–Trinajstić information content (AvgIpc) is 2.63. The van der Waals surface area contributed by atoms with E-state index >= 15 is 0 Å². The minimum absolute atomic E-state index is 0.0538. The van der Waals surface area contributed by atoms with Gasteiger partial charge >= 0.3 is 0 Å². The van der Waals surface area contributed by atoms with Gasteiger partial charge in [-0.05, 0) is 13.0 Å². The number of amidine groups is 1. The van der Waals surface area contributed by atoms with E-state index in [-0.39, 0.29) is 18.0 Å². The monoisotopic (exact) mass is 234 g/mol. The number of pyridine rings is 1. The first-order valence-electron chi connectivity index (χ1n) is 5.06. The van der Waals surface area contributed by atoms with Gasteiger partial charge in [0.2, 0.25) is 5.95 Å². The van der Waals surface area contributed by atoms with E-state index in [1.54, 1.807) is 23.9 Å². The molecule has 2 aromatic rings. The molecule has 0 aliphatic rings. The smallest absolute Gasteiger partial charge is 0.204 e. The largest absolute Gasteiger partial charge is 0.384 e. The molecule has 0 aromatic carbocycles. The number of nitrogen functional groups attached to an aromatic ring is 2. The highest BCUT2D eigenvalue weighted by molar-refractivity contribution is 6.05. The van der Waals surface area contributed by atoms with E-state index < -0.39 is 0 Å². The number of imidazole rings is 1. The SMILES string of the molecule is COC(C)n1c(N)nc2nccc(C(=N)N)c21. The molecular weight excluding hydrogens is 220 g/mol. The van der Waals surface area contributed by atoms with Gasteiger partial charge < -0.3 is 16.2 Å². The fourth-order valence-electron chi connectivity index (χ4n) is 1.73. The Hall–Kier alpha value is -2.15. The summed E-state index contributed by atoms with van der Waals surface area (Å²) in [6.07, 6.45) is 1.25. The van der Waals surface area contributed by atoms with Crippen LogP contribution in [0.5, 0.6) is 0 Å². The number of methoxy groups -OCH3 is 1. The Morgan fingerprint density at radius 2 is 2.29 bits per heavy atom. The van der Waals surface area contributed by atoms with Crippen molar-refractivity contribution in [2.45, 2.75) is 13.2 Å². The molecule has 2 aromatic heterocycles. The first kappa shape index (κ1) is 11.3. The lowest BCUT2D eigenvalue weighted by molar-refractivity contribution is 0.0655. The Morgan fingerprint density at radius 1 is 1.59 bits per heavy atom. The maximum atomic E-state index is 7.55. The van der Waals surface area contributed by atoms with Crippen LogP contribution in [0.1, 0.15) is 18.7 Å². The van der Waals surface area contributed by atoms with E-state index in [2.05, 4.69) is 9.97 Å². The van der Waals surface area contributed by atoms with Crippen LogP contribution in [0.4, 0.5) is 5.95 Å². The summed E-state index contributed by atoms with van der Waals surface area (Å²) in [4.78, 5) is 8.23. The maximum absolute atomic E-state index is 7.55. The van der Waals surface area contributed by atoms with Crippen molar-refractivity contribution in [1.82, 2.24) is 14.5 Å². The van der Waals surface area contributed by atoms with Gasteiger partial charge in [-0.2, -0.15) is 4.98 Å². The van der Waals surface area contributed by atoms with Gasteiger partial charge in [0.25, 0.3) is 0 Å². The zero-order valence-electron chi connectivity index (χ0n) is 9.64. The molecule has 17 heavy (non-hydrogen) atoms. The summed E-state index contributed by atoms with van der Waals surface area (Å²) in [5, 5.41) is 7.55. The van der Waals surface area contributed by atoms with E-state index in [1.165, 1.54) is 0 Å². The highest BCUT2D eigenvalue weighted by Gasteiger charge is 2.18. The number of hydrogen-bond acceptors (Lipinski definition) is 5. The van der Waals surface area contributed by atoms with Crippen LogP contribution < -0.4 is 11.5 Å². The van der Waals surface area contributed by atoms with Gasteiger partial charge in [0, 0.05) is 18.9 Å². The van der Waals surface area contributed by atoms with Gasteiger partial charge in [-0.15, -0.1) is 0 Å². The lowest BCUT2D eigenvalue weighted by Gasteiger charge is -2.15. The van der Waals surface area contributed by atoms with Crippen LogP contribution in [0.3, 0.4) is 0 Å². The third-order valence-electron chi connectivity index (χ3n) is 2.61. The third-order valence-corrected chi connectivity index (χ3v) is 2.61. The van der Waals surface area contributed by atoms with Crippen molar-refractivity contribution in [2.75, 3.05) is 12.8 Å². The van der Waals surface area contributed by atoms with Gasteiger partial charge in [-0.1, -0.05) is 0 Å². The summed E-state index contributed by atoms with van der Waals surface area (Å²) in [5.74, 6) is 0.234. The number of nitrogens with one attached hydrogen (secondary N) is 1. The van der Waals surface area contributed by atoms with Crippen molar-refractivity contribution < 1.29 is 4.74 Å². The molecule has 0 bridgehead atoms. The molecule has 0 spiro atoms. The number of hydrogen-bond donors (Lipinski definition) is 3. The van der Waals surface area contributed by atoms with Crippen molar-refractivity contribution in [2.24, 2.45) is 5.73 Å². The summed E-state index contributed by atoms with van der Waals surface area (Å²) < 4.78 is 6.89. The Labute approximate surface area is 97.9 Å². The standard InChI is InChI=1S/C10H14N6O/c1-5(17-2)16-7-6(8(11)12)3-4-14-9(7)15-10(16)13/h3-5H,1-2H3,(H3,11,12)(H2,13,14,15). The second-order valence-electron chi connectivity index (χ2n) is 3.62. The number of fused-ring (bicyclic) bond motifs is 1. The molecule has 0 fully saturated rings. The van der Waals surface area contributed by atoms with Gasteiger partial charge in [0.05, 0.1) is 0 Å². The minimum atomic E-state index is -0.303. The molecule has 0 amide bonds. The molecule has 7 nitrogen and oxygen atoms in total. The van der Waals surface area contributed by atoms with E-state index in [1.807, 2.05) is 6.92 Å². The summed E-state index contributed by atoms with van der Waals surface area (Å²) in [6, 6.07) is 1.66. The number of rotatable bonds is 3. The first-order valence-corrected chi connectivity index (χ1v) is 5.06. The van der Waals surface area contributed by atoms with Crippen LogP contribution in [-0.4, -0.2) is 27.5 Å². The van der Waals surface area contributed by atoms with Crippen molar-refractivity contribution in [3.8, 4) is 0 Å². The highest BCUT2D eigenvalue weighted by atomic mass is 16.5. The predicted molar refractivity (Wildman–Crippen MR) is 64.7 cm³/mol.